The van der Waals surface area contributed by atoms with Crippen LogP contribution in [-0.2, 0) is 11.2 Å². The number of aliphatic imine (C=N–C) groups is 1. The molecule has 0 heterocycles. The SMILES string of the molecule is Nc1ccc(N=C(Cc2cccc3ccccc23)C2=C(O)CCCC2=O)cc1. The normalized spacial score (nSPS) is 15.3. The van der Waals surface area contributed by atoms with Crippen LogP contribution < -0.4 is 5.73 Å². The highest BCUT2D eigenvalue weighted by molar-refractivity contribution is 6.24. The first-order valence-electron chi connectivity index (χ1n) is 9.47. The molecule has 0 aliphatic heterocycles. The number of nitrogens with zero attached hydrogens (tertiary/aromatic N) is 1. The second kappa shape index (κ2) is 7.69. The van der Waals surface area contributed by atoms with Crippen molar-refractivity contribution < 1.29 is 9.90 Å². The predicted molar refractivity (Wildman–Crippen MR) is 114 cm³/mol. The molecular weight excluding hydrogens is 348 g/mol. The van der Waals surface area contributed by atoms with Gasteiger partial charge in [0, 0.05) is 24.9 Å². The number of aliphatic hydroxyl groups excluding tert-OH is 1. The van der Waals surface area contributed by atoms with E-state index in [2.05, 4.69) is 18.2 Å². The predicted octanol–water partition coefficient (Wildman–Crippen LogP) is 5.30. The van der Waals surface area contributed by atoms with Crippen LogP contribution in [0.3, 0.4) is 0 Å². The minimum atomic E-state index is -0.0434. The highest BCUT2D eigenvalue weighted by atomic mass is 16.3. The van der Waals surface area contributed by atoms with Crippen molar-refractivity contribution in [2.75, 3.05) is 5.73 Å². The molecule has 3 aromatic carbocycles. The summed E-state index contributed by atoms with van der Waals surface area (Å²) in [5, 5.41) is 12.7. The molecule has 1 aliphatic carbocycles. The molecule has 0 radical (unpaired) electrons. The second-order valence-electron chi connectivity index (χ2n) is 7.06. The van der Waals surface area contributed by atoms with Crippen molar-refractivity contribution in [1.29, 1.82) is 0 Å². The zero-order valence-electron chi connectivity index (χ0n) is 15.6. The van der Waals surface area contributed by atoms with E-state index in [0.29, 0.717) is 48.3 Å². The van der Waals surface area contributed by atoms with Gasteiger partial charge in [-0.15, -0.1) is 0 Å². The standard InChI is InChI=1S/C24H22N2O2/c25-18-11-13-19(14-12-18)26-21(24-22(27)9-4-10-23(24)28)15-17-7-3-6-16-5-1-2-8-20(16)17/h1-3,5-8,11-14,27H,4,9-10,15,25H2. The highest BCUT2D eigenvalue weighted by Crippen LogP contribution is 2.27. The number of allylic oxidation sites excluding steroid dienone is 2. The summed E-state index contributed by atoms with van der Waals surface area (Å²) < 4.78 is 0. The average molecular weight is 370 g/mol. The number of benzene rings is 3. The topological polar surface area (TPSA) is 75.7 Å². The van der Waals surface area contributed by atoms with Crippen LogP contribution in [0.15, 0.2) is 83.1 Å². The van der Waals surface area contributed by atoms with E-state index >= 15 is 0 Å². The Kier molecular flexibility index (Phi) is 4.94. The smallest absolute Gasteiger partial charge is 0.168 e. The number of Topliss-reactive ketones (excluding diaryl/α,β-unsaturated/α-hetero) is 1. The van der Waals surface area contributed by atoms with Crippen molar-refractivity contribution in [3.05, 3.63) is 83.6 Å². The van der Waals surface area contributed by atoms with Crippen molar-refractivity contribution in [2.24, 2.45) is 4.99 Å². The Bertz CT molecular complexity index is 1090. The summed E-state index contributed by atoms with van der Waals surface area (Å²) in [6, 6.07) is 21.5. The molecule has 0 unspecified atom stereocenters. The molecule has 0 saturated carbocycles. The number of carbonyl (C=O) groups excluding carboxylic acids is 1. The lowest BCUT2D eigenvalue weighted by Gasteiger charge is -2.18. The Morgan fingerprint density at radius 1 is 0.964 bits per heavy atom. The molecule has 3 aromatic rings. The van der Waals surface area contributed by atoms with E-state index in [1.54, 1.807) is 12.1 Å². The molecule has 1 aliphatic rings. The van der Waals surface area contributed by atoms with Crippen LogP contribution in [0, 0.1) is 0 Å². The Hall–Kier alpha value is -3.40. The first-order valence-corrected chi connectivity index (χ1v) is 9.47. The quantitative estimate of drug-likeness (QED) is 0.483. The summed E-state index contributed by atoms with van der Waals surface area (Å²) in [5.74, 6) is 0.101. The van der Waals surface area contributed by atoms with Crippen LogP contribution in [-0.4, -0.2) is 16.6 Å². The molecule has 4 rings (SSSR count). The summed E-state index contributed by atoms with van der Waals surface area (Å²) in [6.07, 6.45) is 2.10. The number of fused-ring (bicyclic) bond motifs is 1. The number of anilines is 1. The van der Waals surface area contributed by atoms with Crippen molar-refractivity contribution in [3.8, 4) is 0 Å². The molecule has 0 amide bonds. The molecule has 140 valence electrons. The molecule has 0 fully saturated rings. The lowest BCUT2D eigenvalue weighted by molar-refractivity contribution is -0.115. The molecule has 0 bridgehead atoms. The number of aliphatic hydroxyl groups is 1. The summed E-state index contributed by atoms with van der Waals surface area (Å²) in [4.78, 5) is 17.4. The monoisotopic (exact) mass is 370 g/mol. The number of nitrogen functional groups attached to an aromatic ring is 1. The van der Waals surface area contributed by atoms with Gasteiger partial charge in [-0.25, -0.2) is 0 Å². The molecular formula is C24H22N2O2. The van der Waals surface area contributed by atoms with Crippen LogP contribution in [0.2, 0.25) is 0 Å². The fourth-order valence-electron chi connectivity index (χ4n) is 3.67. The lowest BCUT2D eigenvalue weighted by atomic mass is 9.89. The maximum absolute atomic E-state index is 12.6. The Morgan fingerprint density at radius 3 is 2.50 bits per heavy atom. The number of ketones is 1. The zero-order chi connectivity index (χ0) is 19.5. The largest absolute Gasteiger partial charge is 0.511 e. The van der Waals surface area contributed by atoms with Crippen molar-refractivity contribution in [3.63, 3.8) is 0 Å². The Labute approximate surface area is 164 Å². The van der Waals surface area contributed by atoms with E-state index in [0.717, 1.165) is 16.3 Å². The second-order valence-corrected chi connectivity index (χ2v) is 7.06. The number of carbonyl (C=O) groups is 1. The summed E-state index contributed by atoms with van der Waals surface area (Å²) >= 11 is 0. The van der Waals surface area contributed by atoms with Crippen molar-refractivity contribution in [1.82, 2.24) is 0 Å². The number of hydrogen-bond donors (Lipinski definition) is 2. The fourth-order valence-corrected chi connectivity index (χ4v) is 3.67. The van der Waals surface area contributed by atoms with Crippen molar-refractivity contribution >= 4 is 33.6 Å². The number of rotatable bonds is 4. The summed E-state index contributed by atoms with van der Waals surface area (Å²) in [7, 11) is 0. The summed E-state index contributed by atoms with van der Waals surface area (Å²) in [5.41, 5.74) is 9.19. The first kappa shape index (κ1) is 18.0. The zero-order valence-corrected chi connectivity index (χ0v) is 15.6. The van der Waals surface area contributed by atoms with E-state index in [-0.39, 0.29) is 11.5 Å². The van der Waals surface area contributed by atoms with Crippen LogP contribution in [0.4, 0.5) is 11.4 Å². The van der Waals surface area contributed by atoms with E-state index in [9.17, 15) is 9.90 Å². The molecule has 4 heteroatoms. The third kappa shape index (κ3) is 3.67. The minimum Gasteiger partial charge on any atom is -0.511 e. The van der Waals surface area contributed by atoms with Gasteiger partial charge in [0.2, 0.25) is 0 Å². The van der Waals surface area contributed by atoms with Gasteiger partial charge in [0.15, 0.2) is 5.78 Å². The molecule has 4 nitrogen and oxygen atoms in total. The highest BCUT2D eigenvalue weighted by Gasteiger charge is 2.25. The van der Waals surface area contributed by atoms with Gasteiger partial charge in [0.25, 0.3) is 0 Å². The molecule has 3 N–H and O–H groups in total. The molecule has 28 heavy (non-hydrogen) atoms. The maximum atomic E-state index is 12.6. The van der Waals surface area contributed by atoms with Gasteiger partial charge < -0.3 is 10.8 Å². The Morgan fingerprint density at radius 2 is 1.71 bits per heavy atom. The van der Waals surface area contributed by atoms with Crippen LogP contribution in [0.25, 0.3) is 10.8 Å². The molecule has 0 aromatic heterocycles. The fraction of sp³-hybridized carbons (Fsp3) is 0.167. The average Bonchev–Trinajstić information content (AvgIpc) is 2.70. The summed E-state index contributed by atoms with van der Waals surface area (Å²) in [6.45, 7) is 0. The van der Waals surface area contributed by atoms with Crippen LogP contribution in [0.1, 0.15) is 24.8 Å². The van der Waals surface area contributed by atoms with E-state index in [1.807, 2.05) is 36.4 Å². The minimum absolute atomic E-state index is 0.0434. The van der Waals surface area contributed by atoms with Gasteiger partial charge in [-0.1, -0.05) is 42.5 Å². The van der Waals surface area contributed by atoms with Crippen LogP contribution >= 0.6 is 0 Å². The third-order valence-corrected chi connectivity index (χ3v) is 5.07. The van der Waals surface area contributed by atoms with Gasteiger partial charge in [-0.2, -0.15) is 0 Å². The van der Waals surface area contributed by atoms with Gasteiger partial charge in [-0.05, 0) is 47.0 Å². The van der Waals surface area contributed by atoms with E-state index < -0.39 is 0 Å². The third-order valence-electron chi connectivity index (χ3n) is 5.07. The van der Waals surface area contributed by atoms with E-state index in [1.165, 1.54) is 0 Å². The van der Waals surface area contributed by atoms with Gasteiger partial charge in [0.1, 0.15) is 5.76 Å². The molecule has 0 spiro atoms. The van der Waals surface area contributed by atoms with Crippen molar-refractivity contribution in [2.45, 2.75) is 25.7 Å². The van der Waals surface area contributed by atoms with Crippen LogP contribution in [0.5, 0.6) is 0 Å². The van der Waals surface area contributed by atoms with E-state index in [4.69, 9.17) is 10.7 Å². The van der Waals surface area contributed by atoms with Gasteiger partial charge in [-0.3, -0.25) is 9.79 Å². The lowest BCUT2D eigenvalue weighted by Crippen LogP contribution is -2.21. The molecule has 0 atom stereocenters. The number of hydrogen-bond acceptors (Lipinski definition) is 4. The number of nitrogens with two attached hydrogens (primary N) is 1. The first-order chi connectivity index (χ1) is 13.6. The van der Waals surface area contributed by atoms with Gasteiger partial charge in [0.05, 0.1) is 17.0 Å². The Balaban J connectivity index is 1.83. The van der Waals surface area contributed by atoms with Gasteiger partial charge >= 0.3 is 0 Å². The molecule has 0 saturated heterocycles. The maximum Gasteiger partial charge on any atom is 0.168 e.